The lowest BCUT2D eigenvalue weighted by atomic mass is 10.1. The van der Waals surface area contributed by atoms with E-state index >= 15 is 0 Å². The van der Waals surface area contributed by atoms with Crippen LogP contribution >= 0.6 is 0 Å². The number of carboxylic acid groups (broad SMARTS) is 1. The predicted octanol–water partition coefficient (Wildman–Crippen LogP) is 2.45. The molecule has 0 radical (unpaired) electrons. The van der Waals surface area contributed by atoms with Crippen molar-refractivity contribution in [2.24, 2.45) is 0 Å². The molecule has 98 valence electrons. The minimum Gasteiger partial charge on any atom is -0.481 e. The molecule has 0 saturated carbocycles. The first-order valence-electron chi connectivity index (χ1n) is 6.10. The molecule has 0 aromatic heterocycles. The highest BCUT2D eigenvalue weighted by Gasteiger charge is 2.38. The van der Waals surface area contributed by atoms with Gasteiger partial charge in [0, 0.05) is 12.0 Å². The number of carbonyl (C=O) groups is 1. The molecule has 1 fully saturated rings. The van der Waals surface area contributed by atoms with E-state index in [9.17, 15) is 4.79 Å². The summed E-state index contributed by atoms with van der Waals surface area (Å²) in [7, 11) is 0. The van der Waals surface area contributed by atoms with Gasteiger partial charge < -0.3 is 14.6 Å². The molecular weight excluding hydrogens is 232 g/mol. The van der Waals surface area contributed by atoms with E-state index < -0.39 is 11.8 Å². The van der Waals surface area contributed by atoms with Crippen molar-refractivity contribution >= 4 is 5.97 Å². The topological polar surface area (TPSA) is 55.8 Å². The average molecular weight is 250 g/mol. The van der Waals surface area contributed by atoms with Crippen LogP contribution in [-0.2, 0) is 20.1 Å². The molecule has 0 spiro atoms. The molecule has 0 aliphatic carbocycles. The summed E-state index contributed by atoms with van der Waals surface area (Å²) in [6.07, 6.45) is 0.445. The molecule has 2 atom stereocenters. The molecule has 0 amide bonds. The van der Waals surface area contributed by atoms with Crippen molar-refractivity contribution in [1.82, 2.24) is 0 Å². The molecule has 4 heteroatoms. The van der Waals surface area contributed by atoms with Crippen molar-refractivity contribution in [2.75, 3.05) is 6.61 Å². The third-order valence-corrected chi connectivity index (χ3v) is 3.16. The second kappa shape index (κ2) is 5.08. The van der Waals surface area contributed by atoms with Crippen LogP contribution in [0.1, 0.15) is 30.9 Å². The lowest BCUT2D eigenvalue weighted by Crippen LogP contribution is -2.24. The summed E-state index contributed by atoms with van der Waals surface area (Å²) in [5, 5.41) is 8.66. The molecule has 2 unspecified atom stereocenters. The molecule has 1 N–H and O–H groups in total. The highest BCUT2D eigenvalue weighted by atomic mass is 16.7. The first kappa shape index (κ1) is 13.1. The first-order chi connectivity index (χ1) is 8.49. The zero-order valence-corrected chi connectivity index (χ0v) is 10.7. The second-order valence-electron chi connectivity index (χ2n) is 4.80. The van der Waals surface area contributed by atoms with Gasteiger partial charge >= 0.3 is 5.97 Å². The number of benzene rings is 1. The van der Waals surface area contributed by atoms with Crippen LogP contribution in [-0.4, -0.2) is 23.8 Å². The summed E-state index contributed by atoms with van der Waals surface area (Å²) in [4.78, 5) is 10.5. The van der Waals surface area contributed by atoms with E-state index in [0.717, 1.165) is 11.1 Å². The Morgan fingerprint density at radius 3 is 3.00 bits per heavy atom. The third kappa shape index (κ3) is 2.89. The van der Waals surface area contributed by atoms with Crippen LogP contribution in [0, 0.1) is 6.92 Å². The van der Waals surface area contributed by atoms with E-state index in [1.165, 1.54) is 0 Å². The van der Waals surface area contributed by atoms with Gasteiger partial charge in [-0.2, -0.15) is 0 Å². The lowest BCUT2D eigenvalue weighted by Gasteiger charge is -2.24. The van der Waals surface area contributed by atoms with E-state index in [1.807, 2.05) is 38.1 Å². The Morgan fingerprint density at radius 2 is 2.33 bits per heavy atom. The van der Waals surface area contributed by atoms with Gasteiger partial charge in [0.2, 0.25) is 0 Å². The maximum atomic E-state index is 10.5. The third-order valence-electron chi connectivity index (χ3n) is 3.16. The highest BCUT2D eigenvalue weighted by molar-refractivity contribution is 5.66. The van der Waals surface area contributed by atoms with E-state index in [4.69, 9.17) is 14.6 Å². The van der Waals surface area contributed by atoms with Gasteiger partial charge in [0.1, 0.15) is 0 Å². The largest absolute Gasteiger partial charge is 0.481 e. The molecule has 1 heterocycles. The lowest BCUT2D eigenvalue weighted by molar-refractivity contribution is -0.163. The Kier molecular flexibility index (Phi) is 3.68. The number of aliphatic carboxylic acids is 1. The Morgan fingerprint density at radius 1 is 1.56 bits per heavy atom. The van der Waals surface area contributed by atoms with Crippen LogP contribution in [0.5, 0.6) is 0 Å². The Hall–Kier alpha value is -1.39. The molecule has 1 aliphatic rings. The van der Waals surface area contributed by atoms with E-state index in [2.05, 4.69) is 0 Å². The van der Waals surface area contributed by atoms with Gasteiger partial charge in [-0.05, 0) is 20.3 Å². The smallest absolute Gasteiger partial charge is 0.303 e. The Labute approximate surface area is 107 Å². The van der Waals surface area contributed by atoms with Crippen molar-refractivity contribution in [3.05, 3.63) is 35.4 Å². The van der Waals surface area contributed by atoms with Crippen molar-refractivity contribution in [1.29, 1.82) is 0 Å². The summed E-state index contributed by atoms with van der Waals surface area (Å²) in [5.41, 5.74) is 2.12. The number of hydrogen-bond donors (Lipinski definition) is 1. The van der Waals surface area contributed by atoms with E-state index in [1.54, 1.807) is 0 Å². The zero-order valence-electron chi connectivity index (χ0n) is 10.7. The van der Waals surface area contributed by atoms with E-state index in [0.29, 0.717) is 13.0 Å². The molecule has 0 bridgehead atoms. The van der Waals surface area contributed by atoms with Gasteiger partial charge in [0.15, 0.2) is 5.79 Å². The van der Waals surface area contributed by atoms with Crippen LogP contribution in [0.25, 0.3) is 0 Å². The Bertz CT molecular complexity index is 443. The molecule has 4 nitrogen and oxygen atoms in total. The monoisotopic (exact) mass is 250 g/mol. The van der Waals surface area contributed by atoms with Crippen LogP contribution < -0.4 is 0 Å². The number of aryl methyl sites for hydroxylation is 1. The molecule has 18 heavy (non-hydrogen) atoms. The minimum absolute atomic E-state index is 0.109. The number of ether oxygens (including phenoxy) is 2. The van der Waals surface area contributed by atoms with Gasteiger partial charge in [0.25, 0.3) is 0 Å². The summed E-state index contributed by atoms with van der Waals surface area (Å²) >= 11 is 0. The van der Waals surface area contributed by atoms with Gasteiger partial charge in [-0.25, -0.2) is 0 Å². The molecule has 2 rings (SSSR count). The number of rotatable bonds is 4. The van der Waals surface area contributed by atoms with Crippen LogP contribution in [0.2, 0.25) is 0 Å². The van der Waals surface area contributed by atoms with Gasteiger partial charge in [-0.15, -0.1) is 0 Å². The van der Waals surface area contributed by atoms with Gasteiger partial charge in [-0.1, -0.05) is 29.8 Å². The number of hydrogen-bond acceptors (Lipinski definition) is 3. The summed E-state index contributed by atoms with van der Waals surface area (Å²) in [5.74, 6) is -1.56. The molecule has 1 aliphatic heterocycles. The maximum absolute atomic E-state index is 10.5. The van der Waals surface area contributed by atoms with Crippen LogP contribution in [0.3, 0.4) is 0 Å². The highest BCUT2D eigenvalue weighted by Crippen LogP contribution is 2.35. The molecule has 1 saturated heterocycles. The number of carboxylic acids is 1. The van der Waals surface area contributed by atoms with Crippen LogP contribution in [0.4, 0.5) is 0 Å². The predicted molar refractivity (Wildman–Crippen MR) is 66.2 cm³/mol. The molecule has 1 aromatic rings. The summed E-state index contributed by atoms with van der Waals surface area (Å²) < 4.78 is 11.6. The van der Waals surface area contributed by atoms with Crippen LogP contribution in [0.15, 0.2) is 24.3 Å². The fourth-order valence-electron chi connectivity index (χ4n) is 2.14. The second-order valence-corrected chi connectivity index (χ2v) is 4.80. The van der Waals surface area contributed by atoms with Crippen molar-refractivity contribution in [3.63, 3.8) is 0 Å². The SMILES string of the molecule is Cc1cccc(C2(C)OCC(CCC(=O)O)O2)c1. The average Bonchev–Trinajstić information content (AvgIpc) is 2.70. The Balaban J connectivity index is 2.03. The van der Waals surface area contributed by atoms with Gasteiger partial charge in [0.05, 0.1) is 12.7 Å². The standard InChI is InChI=1S/C14H18O4/c1-10-4-3-5-11(8-10)14(2)17-9-12(18-14)6-7-13(15)16/h3-5,8,12H,6-7,9H2,1-2H3,(H,15,16). The first-order valence-corrected chi connectivity index (χ1v) is 6.10. The minimum atomic E-state index is -0.803. The zero-order chi connectivity index (χ0) is 13.2. The quantitative estimate of drug-likeness (QED) is 0.891. The van der Waals surface area contributed by atoms with E-state index in [-0.39, 0.29) is 12.5 Å². The molecule has 1 aromatic carbocycles. The van der Waals surface area contributed by atoms with Crippen molar-refractivity contribution in [2.45, 2.75) is 38.6 Å². The maximum Gasteiger partial charge on any atom is 0.303 e. The van der Waals surface area contributed by atoms with Gasteiger partial charge in [-0.3, -0.25) is 4.79 Å². The fraction of sp³-hybridized carbons (Fsp3) is 0.500. The summed E-state index contributed by atoms with van der Waals surface area (Å²) in [6.45, 7) is 4.34. The molecular formula is C14H18O4. The summed E-state index contributed by atoms with van der Waals surface area (Å²) in [6, 6.07) is 7.98. The fourth-order valence-corrected chi connectivity index (χ4v) is 2.14. The normalized spacial score (nSPS) is 27.3. The van der Waals surface area contributed by atoms with Crippen molar-refractivity contribution < 1.29 is 19.4 Å². The van der Waals surface area contributed by atoms with Crippen molar-refractivity contribution in [3.8, 4) is 0 Å².